The van der Waals surface area contributed by atoms with Gasteiger partial charge in [-0.2, -0.15) is 0 Å². The quantitative estimate of drug-likeness (QED) is 0.851. The predicted octanol–water partition coefficient (Wildman–Crippen LogP) is 2.23. The van der Waals surface area contributed by atoms with Gasteiger partial charge in [0.15, 0.2) is 0 Å². The molecule has 2 aromatic rings. The van der Waals surface area contributed by atoms with E-state index in [1.54, 1.807) is 0 Å². The van der Waals surface area contributed by atoms with Gasteiger partial charge in [-0.3, -0.25) is 9.84 Å². The summed E-state index contributed by atoms with van der Waals surface area (Å²) < 4.78 is 10.1. The Hall–Kier alpha value is -2.09. The van der Waals surface area contributed by atoms with Gasteiger partial charge in [0, 0.05) is 15.9 Å². The fourth-order valence-electron chi connectivity index (χ4n) is 1.77. The highest BCUT2D eigenvalue weighted by molar-refractivity contribution is 9.10. The number of methoxy groups -OCH3 is 1. The molecular formula is C13H16BrN4O3+. The van der Waals surface area contributed by atoms with E-state index in [-0.39, 0.29) is 11.9 Å². The van der Waals surface area contributed by atoms with Crippen molar-refractivity contribution >= 4 is 27.9 Å². The van der Waals surface area contributed by atoms with E-state index in [2.05, 4.69) is 31.3 Å². The van der Waals surface area contributed by atoms with Gasteiger partial charge < -0.3 is 4.74 Å². The second-order valence-electron chi connectivity index (χ2n) is 4.36. The molecule has 112 valence electrons. The lowest BCUT2D eigenvalue weighted by molar-refractivity contribution is -0.768. The molecule has 0 radical (unpaired) electrons. The normalized spacial score (nSPS) is 11.8. The Labute approximate surface area is 130 Å². The third-order valence-electron chi connectivity index (χ3n) is 3.11. The largest absolute Gasteiger partial charge is 0.453 e. The molecule has 0 aliphatic rings. The first-order valence-electron chi connectivity index (χ1n) is 6.25. The lowest BCUT2D eigenvalue weighted by atomic mass is 10.1. The fourth-order valence-corrected chi connectivity index (χ4v) is 2.26. The van der Waals surface area contributed by atoms with Crippen molar-refractivity contribution in [2.24, 2.45) is 0 Å². The Bertz CT molecular complexity index is 617. The maximum atomic E-state index is 11.2. The van der Waals surface area contributed by atoms with Crippen LogP contribution in [0.3, 0.4) is 0 Å². The standard InChI is InChI=1S/C13H15BrN4O3/c1-9(10-7-5-4-6-8-10)17(2)18-11(14)12(21-16-18)15-13(19)20-3/h4-9H,1-3H3/p+1. The summed E-state index contributed by atoms with van der Waals surface area (Å²) in [6.07, 6.45) is -0.627. The van der Waals surface area contributed by atoms with E-state index in [4.69, 9.17) is 4.52 Å². The van der Waals surface area contributed by atoms with Gasteiger partial charge in [0.25, 0.3) is 0 Å². The van der Waals surface area contributed by atoms with Crippen LogP contribution in [-0.2, 0) is 4.74 Å². The van der Waals surface area contributed by atoms with Gasteiger partial charge in [-0.1, -0.05) is 30.3 Å². The molecule has 1 aromatic carbocycles. The van der Waals surface area contributed by atoms with E-state index in [0.717, 1.165) is 5.56 Å². The minimum atomic E-state index is -0.627. The van der Waals surface area contributed by atoms with E-state index in [1.807, 2.05) is 49.3 Å². The lowest BCUT2D eigenvalue weighted by Crippen LogP contribution is -2.58. The van der Waals surface area contributed by atoms with Crippen molar-refractivity contribution in [3.8, 4) is 0 Å². The van der Waals surface area contributed by atoms with Crippen LogP contribution in [0, 0.1) is 0 Å². The van der Waals surface area contributed by atoms with E-state index >= 15 is 0 Å². The number of carbonyl (C=O) groups excluding carboxylic acids is 1. The summed E-state index contributed by atoms with van der Waals surface area (Å²) >= 11 is 3.35. The van der Waals surface area contributed by atoms with Crippen molar-refractivity contribution in [2.45, 2.75) is 13.0 Å². The first-order chi connectivity index (χ1) is 10.0. The van der Waals surface area contributed by atoms with Gasteiger partial charge >= 0.3 is 16.6 Å². The monoisotopic (exact) mass is 355 g/mol. The molecular weight excluding hydrogens is 340 g/mol. The minimum Gasteiger partial charge on any atom is -0.453 e. The van der Waals surface area contributed by atoms with Gasteiger partial charge in [0.2, 0.25) is 5.27 Å². The topological polar surface area (TPSA) is 71.5 Å². The minimum absolute atomic E-state index is 0.0589. The summed E-state index contributed by atoms with van der Waals surface area (Å²) in [6.45, 7) is 2.04. The van der Waals surface area contributed by atoms with Crippen molar-refractivity contribution in [3.63, 3.8) is 0 Å². The molecule has 0 saturated carbocycles. The molecule has 0 saturated heterocycles. The van der Waals surface area contributed by atoms with Crippen molar-refractivity contribution in [2.75, 3.05) is 24.5 Å². The molecule has 0 aliphatic heterocycles. The average molecular weight is 356 g/mol. The Morgan fingerprint density at radius 1 is 1.48 bits per heavy atom. The van der Waals surface area contributed by atoms with Crippen molar-refractivity contribution in [1.29, 1.82) is 0 Å². The molecule has 0 spiro atoms. The number of rotatable bonds is 4. The first-order valence-corrected chi connectivity index (χ1v) is 7.04. The van der Waals surface area contributed by atoms with Crippen LogP contribution in [0.1, 0.15) is 18.5 Å². The third kappa shape index (κ3) is 3.33. The number of nitrogens with one attached hydrogen (secondary N) is 1. The zero-order valence-electron chi connectivity index (χ0n) is 11.9. The van der Waals surface area contributed by atoms with Gasteiger partial charge in [-0.05, 0) is 12.5 Å². The Morgan fingerprint density at radius 3 is 2.76 bits per heavy atom. The van der Waals surface area contributed by atoms with Gasteiger partial charge in [-0.25, -0.2) is 4.79 Å². The summed E-state index contributed by atoms with van der Waals surface area (Å²) in [5.41, 5.74) is 1.13. The predicted molar refractivity (Wildman–Crippen MR) is 79.4 cm³/mol. The SMILES string of the molecule is COC(=O)Nc1on[n+](N(C)C(C)c2ccccc2)c1Br. The Balaban J connectivity index is 2.20. The zero-order valence-corrected chi connectivity index (χ0v) is 13.5. The molecule has 0 aliphatic carbocycles. The van der Waals surface area contributed by atoms with Crippen LogP contribution >= 0.6 is 15.9 Å². The number of anilines is 1. The van der Waals surface area contributed by atoms with Crippen molar-refractivity contribution in [1.82, 2.24) is 5.27 Å². The van der Waals surface area contributed by atoms with Crippen LogP contribution in [0.4, 0.5) is 10.7 Å². The van der Waals surface area contributed by atoms with Crippen LogP contribution in [0.15, 0.2) is 39.5 Å². The third-order valence-corrected chi connectivity index (χ3v) is 3.79. The number of carbonyl (C=O) groups is 1. The van der Waals surface area contributed by atoms with Crippen LogP contribution in [-0.4, -0.2) is 25.5 Å². The molecule has 1 heterocycles. The van der Waals surface area contributed by atoms with Gasteiger partial charge in [-0.15, -0.1) is 5.01 Å². The number of hydrogen-bond donors (Lipinski definition) is 1. The van der Waals surface area contributed by atoms with Crippen LogP contribution in [0.5, 0.6) is 0 Å². The smallest absolute Gasteiger partial charge is 0.413 e. The van der Waals surface area contributed by atoms with Crippen molar-refractivity contribution < 1.29 is 18.8 Å². The summed E-state index contributed by atoms with van der Waals surface area (Å²) in [5.74, 6) is 0.175. The highest BCUT2D eigenvalue weighted by Gasteiger charge is 2.30. The molecule has 1 amide bonds. The van der Waals surface area contributed by atoms with Gasteiger partial charge in [0.1, 0.15) is 6.04 Å². The van der Waals surface area contributed by atoms with Crippen molar-refractivity contribution in [3.05, 3.63) is 40.5 Å². The second-order valence-corrected chi connectivity index (χ2v) is 5.11. The highest BCUT2D eigenvalue weighted by Crippen LogP contribution is 2.20. The van der Waals surface area contributed by atoms with Crippen LogP contribution in [0.2, 0.25) is 0 Å². The maximum absolute atomic E-state index is 11.2. The van der Waals surface area contributed by atoms with Gasteiger partial charge in [0.05, 0.1) is 18.9 Å². The number of nitrogens with zero attached hydrogens (tertiary/aromatic N) is 3. The maximum Gasteiger partial charge on any atom is 0.413 e. The molecule has 8 heteroatoms. The van der Waals surface area contributed by atoms with Crippen LogP contribution in [0.25, 0.3) is 0 Å². The number of hydrogen-bond acceptors (Lipinski definition) is 5. The molecule has 1 atom stereocenters. The summed E-state index contributed by atoms with van der Waals surface area (Å²) in [6, 6.07) is 10.0. The molecule has 2 rings (SSSR count). The fraction of sp³-hybridized carbons (Fsp3) is 0.308. The summed E-state index contributed by atoms with van der Waals surface area (Å²) in [4.78, 5) is 12.7. The molecule has 0 fully saturated rings. The van der Waals surface area contributed by atoms with E-state index in [9.17, 15) is 4.79 Å². The molecule has 1 unspecified atom stereocenters. The second kappa shape index (κ2) is 6.57. The summed E-state index contributed by atoms with van der Waals surface area (Å²) in [5, 5.41) is 8.20. The van der Waals surface area contributed by atoms with E-state index < -0.39 is 6.09 Å². The number of aromatic nitrogens is 2. The average Bonchev–Trinajstić information content (AvgIpc) is 2.87. The number of benzene rings is 1. The molecule has 7 nitrogen and oxygen atoms in total. The Morgan fingerprint density at radius 2 is 2.14 bits per heavy atom. The number of ether oxygens (including phenoxy) is 1. The molecule has 1 N–H and O–H groups in total. The lowest BCUT2D eigenvalue weighted by Gasteiger charge is -2.17. The Kier molecular flexibility index (Phi) is 4.79. The number of halogens is 1. The molecule has 1 aromatic heterocycles. The highest BCUT2D eigenvalue weighted by atomic mass is 79.9. The molecule has 21 heavy (non-hydrogen) atoms. The summed E-state index contributed by atoms with van der Waals surface area (Å²) in [7, 11) is 3.14. The first kappa shape index (κ1) is 15.3. The number of amides is 1. The van der Waals surface area contributed by atoms with E-state index in [0.29, 0.717) is 4.60 Å². The van der Waals surface area contributed by atoms with Crippen LogP contribution < -0.4 is 15.1 Å². The molecule has 0 bridgehead atoms. The zero-order chi connectivity index (χ0) is 15.4. The van der Waals surface area contributed by atoms with E-state index in [1.165, 1.54) is 11.9 Å².